The van der Waals surface area contributed by atoms with Gasteiger partial charge >= 0.3 is 0 Å². The number of carbonyl (C=O) groups excluding carboxylic acids is 1. The van der Waals surface area contributed by atoms with Crippen molar-refractivity contribution in [3.05, 3.63) is 47.8 Å². The van der Waals surface area contributed by atoms with Gasteiger partial charge in [0, 0.05) is 24.8 Å². The van der Waals surface area contributed by atoms with Crippen LogP contribution in [-0.2, 0) is 9.84 Å². The number of benzene rings is 1. The Morgan fingerprint density at radius 3 is 2.54 bits per heavy atom. The normalized spacial score (nSPS) is 19.2. The van der Waals surface area contributed by atoms with Crippen molar-refractivity contribution in [1.82, 2.24) is 14.9 Å². The van der Waals surface area contributed by atoms with Crippen LogP contribution >= 0.6 is 0 Å². The number of sulfone groups is 1. The molecule has 0 spiro atoms. The van der Waals surface area contributed by atoms with Gasteiger partial charge in [0.05, 0.1) is 22.8 Å². The molecule has 0 bridgehead atoms. The predicted molar refractivity (Wildman–Crippen MR) is 91.4 cm³/mol. The fourth-order valence-electron chi connectivity index (χ4n) is 2.84. The van der Waals surface area contributed by atoms with E-state index >= 15 is 0 Å². The average molecular weight is 345 g/mol. The minimum atomic E-state index is -3.03. The van der Waals surface area contributed by atoms with Crippen molar-refractivity contribution in [2.45, 2.75) is 19.4 Å². The predicted octanol–water partition coefficient (Wildman–Crippen LogP) is 1.71. The van der Waals surface area contributed by atoms with E-state index in [1.807, 2.05) is 30.3 Å². The zero-order valence-corrected chi connectivity index (χ0v) is 14.5. The molecule has 0 N–H and O–H groups in total. The number of nitrogens with zero attached hydrogens (tertiary/aromatic N) is 3. The van der Waals surface area contributed by atoms with Gasteiger partial charge in [0.2, 0.25) is 0 Å². The lowest BCUT2D eigenvalue weighted by atomic mass is 10.1. The summed E-state index contributed by atoms with van der Waals surface area (Å²) in [5.41, 5.74) is 1.87. The number of hydrogen-bond acceptors (Lipinski definition) is 5. The fourth-order valence-corrected chi connectivity index (χ4v) is 4.61. The third-order valence-corrected chi connectivity index (χ3v) is 6.07. The number of aromatic nitrogens is 2. The summed E-state index contributed by atoms with van der Waals surface area (Å²) in [5.74, 6) is 0.486. The molecule has 0 radical (unpaired) electrons. The van der Waals surface area contributed by atoms with Gasteiger partial charge in [0.1, 0.15) is 0 Å². The molecule has 2 aromatic rings. The maximum atomic E-state index is 12.7. The number of rotatable bonds is 3. The molecule has 1 atom stereocenters. The molecule has 1 fully saturated rings. The summed E-state index contributed by atoms with van der Waals surface area (Å²) in [6.07, 6.45) is 2.00. The van der Waals surface area contributed by atoms with E-state index in [1.54, 1.807) is 14.0 Å². The highest BCUT2D eigenvalue weighted by atomic mass is 32.2. The van der Waals surface area contributed by atoms with Crippen molar-refractivity contribution in [3.8, 4) is 11.4 Å². The molecule has 2 heterocycles. The quantitative estimate of drug-likeness (QED) is 0.846. The Labute approximate surface area is 141 Å². The van der Waals surface area contributed by atoms with Gasteiger partial charge in [-0.1, -0.05) is 30.3 Å². The first-order chi connectivity index (χ1) is 11.4. The van der Waals surface area contributed by atoms with E-state index in [1.165, 1.54) is 11.1 Å². The topological polar surface area (TPSA) is 80.2 Å². The largest absolute Gasteiger partial charge is 0.338 e. The highest BCUT2D eigenvalue weighted by molar-refractivity contribution is 7.91. The molecule has 0 saturated carbocycles. The maximum absolute atomic E-state index is 12.7. The fraction of sp³-hybridized carbons (Fsp3) is 0.353. The molecule has 1 unspecified atom stereocenters. The molecule has 1 aliphatic heterocycles. The number of amides is 1. The lowest BCUT2D eigenvalue weighted by molar-refractivity contribution is 0.0746. The second kappa shape index (κ2) is 6.32. The molecule has 1 aromatic carbocycles. The van der Waals surface area contributed by atoms with Crippen LogP contribution in [0.4, 0.5) is 0 Å². The Hall–Kier alpha value is -2.28. The molecule has 1 aliphatic rings. The van der Waals surface area contributed by atoms with Crippen molar-refractivity contribution in [2.75, 3.05) is 18.6 Å². The van der Waals surface area contributed by atoms with Crippen LogP contribution in [0.5, 0.6) is 0 Å². The molecular weight excluding hydrogens is 326 g/mol. The standard InChI is InChI=1S/C17H19N3O3S/c1-12-15(10-18-16(19-12)13-6-4-3-5-7-13)17(21)20(2)14-8-9-24(22,23)11-14/h3-7,10,14H,8-9,11H2,1-2H3. The van der Waals surface area contributed by atoms with Gasteiger partial charge in [-0.15, -0.1) is 0 Å². The minimum Gasteiger partial charge on any atom is -0.338 e. The monoisotopic (exact) mass is 345 g/mol. The van der Waals surface area contributed by atoms with E-state index in [0.717, 1.165) is 5.56 Å². The molecule has 0 aliphatic carbocycles. The number of hydrogen-bond donors (Lipinski definition) is 0. The Kier molecular flexibility index (Phi) is 4.36. The summed E-state index contributed by atoms with van der Waals surface area (Å²) < 4.78 is 23.2. The van der Waals surface area contributed by atoms with Gasteiger partial charge in [-0.25, -0.2) is 18.4 Å². The van der Waals surface area contributed by atoms with Crippen LogP contribution in [0.2, 0.25) is 0 Å². The SMILES string of the molecule is Cc1nc(-c2ccccc2)ncc1C(=O)N(C)C1CCS(=O)(=O)C1. The summed E-state index contributed by atoms with van der Waals surface area (Å²) in [6.45, 7) is 1.76. The van der Waals surface area contributed by atoms with Crippen LogP contribution in [0.1, 0.15) is 22.5 Å². The van der Waals surface area contributed by atoms with Crippen molar-refractivity contribution >= 4 is 15.7 Å². The number of aryl methyl sites for hydroxylation is 1. The smallest absolute Gasteiger partial charge is 0.257 e. The maximum Gasteiger partial charge on any atom is 0.257 e. The number of carbonyl (C=O) groups is 1. The molecule has 24 heavy (non-hydrogen) atoms. The van der Waals surface area contributed by atoms with Crippen LogP contribution in [-0.4, -0.2) is 53.8 Å². The van der Waals surface area contributed by atoms with Gasteiger partial charge in [-0.05, 0) is 13.3 Å². The van der Waals surface area contributed by atoms with Crippen LogP contribution in [0.25, 0.3) is 11.4 Å². The Balaban J connectivity index is 1.83. The third kappa shape index (κ3) is 3.31. The van der Waals surface area contributed by atoms with E-state index in [2.05, 4.69) is 9.97 Å². The molecular formula is C17H19N3O3S. The van der Waals surface area contributed by atoms with Crippen LogP contribution < -0.4 is 0 Å². The van der Waals surface area contributed by atoms with Gasteiger partial charge in [0.15, 0.2) is 15.7 Å². The van der Waals surface area contributed by atoms with Crippen molar-refractivity contribution in [3.63, 3.8) is 0 Å². The highest BCUT2D eigenvalue weighted by Crippen LogP contribution is 2.20. The highest BCUT2D eigenvalue weighted by Gasteiger charge is 2.33. The van der Waals surface area contributed by atoms with Gasteiger partial charge in [-0.2, -0.15) is 0 Å². The van der Waals surface area contributed by atoms with Crippen molar-refractivity contribution in [1.29, 1.82) is 0 Å². The molecule has 126 valence electrons. The molecule has 3 rings (SSSR count). The van der Waals surface area contributed by atoms with Crippen LogP contribution in [0.3, 0.4) is 0 Å². The summed E-state index contributed by atoms with van der Waals surface area (Å²) in [6, 6.07) is 9.26. The summed E-state index contributed by atoms with van der Waals surface area (Å²) in [7, 11) is -1.40. The van der Waals surface area contributed by atoms with E-state index in [9.17, 15) is 13.2 Å². The zero-order chi connectivity index (χ0) is 17.3. The second-order valence-electron chi connectivity index (χ2n) is 6.03. The van der Waals surface area contributed by atoms with E-state index < -0.39 is 9.84 Å². The average Bonchev–Trinajstić information content (AvgIpc) is 2.94. The second-order valence-corrected chi connectivity index (χ2v) is 8.26. The lowest BCUT2D eigenvalue weighted by Gasteiger charge is -2.23. The van der Waals surface area contributed by atoms with Crippen LogP contribution in [0, 0.1) is 6.92 Å². The van der Waals surface area contributed by atoms with Crippen molar-refractivity contribution < 1.29 is 13.2 Å². The first kappa shape index (κ1) is 16.6. The Bertz CT molecular complexity index is 866. The molecule has 7 heteroatoms. The summed E-state index contributed by atoms with van der Waals surface area (Å²) in [4.78, 5) is 22.9. The van der Waals surface area contributed by atoms with Crippen molar-refractivity contribution in [2.24, 2.45) is 0 Å². The summed E-state index contributed by atoms with van der Waals surface area (Å²) in [5, 5.41) is 0. The molecule has 1 amide bonds. The van der Waals surface area contributed by atoms with E-state index in [0.29, 0.717) is 23.5 Å². The third-order valence-electron chi connectivity index (χ3n) is 4.32. The molecule has 6 nitrogen and oxygen atoms in total. The Morgan fingerprint density at radius 1 is 1.25 bits per heavy atom. The summed E-state index contributed by atoms with van der Waals surface area (Å²) >= 11 is 0. The zero-order valence-electron chi connectivity index (χ0n) is 13.6. The van der Waals surface area contributed by atoms with Gasteiger partial charge < -0.3 is 4.90 Å². The minimum absolute atomic E-state index is 0.0250. The van der Waals surface area contributed by atoms with Gasteiger partial charge in [0.25, 0.3) is 5.91 Å². The first-order valence-electron chi connectivity index (χ1n) is 7.74. The van der Waals surface area contributed by atoms with Gasteiger partial charge in [-0.3, -0.25) is 4.79 Å². The first-order valence-corrected chi connectivity index (χ1v) is 9.56. The van der Waals surface area contributed by atoms with Crippen LogP contribution in [0.15, 0.2) is 36.5 Å². The van der Waals surface area contributed by atoms with E-state index in [4.69, 9.17) is 0 Å². The molecule has 1 aromatic heterocycles. The Morgan fingerprint density at radius 2 is 1.96 bits per heavy atom. The molecule has 1 saturated heterocycles. The van der Waals surface area contributed by atoms with E-state index in [-0.39, 0.29) is 23.5 Å². The lowest BCUT2D eigenvalue weighted by Crippen LogP contribution is -2.38.